The minimum atomic E-state index is -0.568. The monoisotopic (exact) mass is 317 g/mol. The number of methoxy groups -OCH3 is 1. The van der Waals surface area contributed by atoms with Crippen molar-refractivity contribution in [3.8, 4) is 5.75 Å². The topological polar surface area (TPSA) is 82.5 Å². The van der Waals surface area contributed by atoms with Crippen molar-refractivity contribution in [2.45, 2.75) is 13.8 Å². The van der Waals surface area contributed by atoms with Gasteiger partial charge in [0, 0.05) is 7.05 Å². The molecule has 0 radical (unpaired) electrons. The third kappa shape index (κ3) is 3.33. The number of benzene rings is 1. The molecule has 0 aliphatic heterocycles. The molecule has 1 aromatic heterocycles. The second-order valence-corrected chi connectivity index (χ2v) is 4.81. The quantitative estimate of drug-likeness (QED) is 0.855. The van der Waals surface area contributed by atoms with E-state index in [1.165, 1.54) is 11.8 Å². The van der Waals surface area contributed by atoms with E-state index in [2.05, 4.69) is 10.4 Å². The van der Waals surface area contributed by atoms with Crippen LogP contribution in [0.4, 0.5) is 5.69 Å². The minimum absolute atomic E-state index is 0.187. The molecule has 1 N–H and O–H groups in total. The van der Waals surface area contributed by atoms with Crippen LogP contribution in [0, 0.1) is 6.92 Å². The van der Waals surface area contributed by atoms with Crippen molar-refractivity contribution >= 4 is 17.6 Å². The Balaban J connectivity index is 2.37. The molecular formula is C16H19N3O4. The zero-order valence-electron chi connectivity index (χ0n) is 13.5. The second-order valence-electron chi connectivity index (χ2n) is 4.81. The minimum Gasteiger partial charge on any atom is -0.493 e. The third-order valence-electron chi connectivity index (χ3n) is 3.27. The van der Waals surface area contributed by atoms with Gasteiger partial charge in [0.1, 0.15) is 5.75 Å². The number of para-hydroxylation sites is 1. The summed E-state index contributed by atoms with van der Waals surface area (Å²) in [7, 11) is 2.89. The van der Waals surface area contributed by atoms with Crippen LogP contribution in [0.5, 0.6) is 5.75 Å². The van der Waals surface area contributed by atoms with Crippen LogP contribution in [-0.4, -0.2) is 35.4 Å². The average Bonchev–Trinajstić information content (AvgIpc) is 2.81. The van der Waals surface area contributed by atoms with Crippen molar-refractivity contribution in [2.75, 3.05) is 19.0 Å². The molecule has 0 aliphatic rings. The number of carbonyl (C=O) groups excluding carboxylic acids is 2. The molecule has 0 unspecified atom stereocenters. The molecule has 7 heteroatoms. The highest BCUT2D eigenvalue weighted by molar-refractivity contribution is 6.09. The summed E-state index contributed by atoms with van der Waals surface area (Å²) in [5, 5.41) is 6.88. The van der Waals surface area contributed by atoms with Crippen molar-refractivity contribution in [2.24, 2.45) is 7.05 Å². The molecular weight excluding hydrogens is 298 g/mol. The molecule has 0 atom stereocenters. The molecule has 0 saturated heterocycles. The van der Waals surface area contributed by atoms with E-state index in [1.54, 1.807) is 38.2 Å². The lowest BCUT2D eigenvalue weighted by molar-refractivity contribution is 0.0589. The number of nitrogens with zero attached hydrogens (tertiary/aromatic N) is 2. The molecule has 0 fully saturated rings. The molecule has 23 heavy (non-hydrogen) atoms. The van der Waals surface area contributed by atoms with Crippen LogP contribution in [0.2, 0.25) is 0 Å². The number of aryl methyl sites for hydroxylation is 2. The normalized spacial score (nSPS) is 10.3. The summed E-state index contributed by atoms with van der Waals surface area (Å²) in [5.74, 6) is -0.467. The van der Waals surface area contributed by atoms with E-state index in [9.17, 15) is 9.59 Å². The first-order valence-corrected chi connectivity index (χ1v) is 7.14. The first kappa shape index (κ1) is 16.5. The van der Waals surface area contributed by atoms with E-state index in [4.69, 9.17) is 9.47 Å². The van der Waals surface area contributed by atoms with Gasteiger partial charge in [0.05, 0.1) is 30.7 Å². The lowest BCUT2D eigenvalue weighted by Gasteiger charge is -2.11. The van der Waals surface area contributed by atoms with Gasteiger partial charge in [0.2, 0.25) is 0 Å². The molecule has 0 spiro atoms. The first-order valence-electron chi connectivity index (χ1n) is 7.14. The lowest BCUT2D eigenvalue weighted by Crippen LogP contribution is -2.17. The van der Waals surface area contributed by atoms with Gasteiger partial charge in [0.15, 0.2) is 5.69 Å². The maximum Gasteiger partial charge on any atom is 0.358 e. The number of carbonyl (C=O) groups is 2. The van der Waals surface area contributed by atoms with Gasteiger partial charge >= 0.3 is 5.97 Å². The van der Waals surface area contributed by atoms with Crippen LogP contribution in [0.3, 0.4) is 0 Å². The molecule has 1 aromatic carbocycles. The second kappa shape index (κ2) is 6.95. The van der Waals surface area contributed by atoms with Gasteiger partial charge in [-0.3, -0.25) is 9.48 Å². The number of hydrogen-bond donors (Lipinski definition) is 1. The number of hydrogen-bond acceptors (Lipinski definition) is 5. The van der Waals surface area contributed by atoms with Gasteiger partial charge < -0.3 is 14.8 Å². The standard InChI is InChI=1S/C16H19N3O4/c1-5-23-12-9-7-6-8-11(12)15(20)17-13-10(2)18-19(3)14(13)16(21)22-4/h6-9H,5H2,1-4H3,(H,17,20). The number of esters is 1. The number of amides is 1. The Morgan fingerprint density at radius 3 is 2.65 bits per heavy atom. The van der Waals surface area contributed by atoms with E-state index in [0.717, 1.165) is 0 Å². The molecule has 1 heterocycles. The summed E-state index contributed by atoms with van der Waals surface area (Å²) in [5.41, 5.74) is 1.42. The number of aromatic nitrogens is 2. The van der Waals surface area contributed by atoms with Crippen molar-refractivity contribution < 1.29 is 19.1 Å². The van der Waals surface area contributed by atoms with Crippen molar-refractivity contribution in [1.29, 1.82) is 0 Å². The SMILES string of the molecule is CCOc1ccccc1C(=O)Nc1c(C)nn(C)c1C(=O)OC. The Morgan fingerprint density at radius 1 is 1.30 bits per heavy atom. The maximum absolute atomic E-state index is 12.6. The van der Waals surface area contributed by atoms with Crippen molar-refractivity contribution in [3.05, 3.63) is 41.2 Å². The van der Waals surface area contributed by atoms with Crippen LogP contribution in [-0.2, 0) is 11.8 Å². The largest absolute Gasteiger partial charge is 0.493 e. The van der Waals surface area contributed by atoms with Crippen molar-refractivity contribution in [1.82, 2.24) is 9.78 Å². The van der Waals surface area contributed by atoms with Gasteiger partial charge in [-0.05, 0) is 26.0 Å². The fourth-order valence-electron chi connectivity index (χ4n) is 2.26. The molecule has 0 bridgehead atoms. The third-order valence-corrected chi connectivity index (χ3v) is 3.27. The van der Waals surface area contributed by atoms with Crippen molar-refractivity contribution in [3.63, 3.8) is 0 Å². The van der Waals surface area contributed by atoms with Gasteiger partial charge in [-0.1, -0.05) is 12.1 Å². The van der Waals surface area contributed by atoms with E-state index >= 15 is 0 Å². The average molecular weight is 317 g/mol. The number of nitrogens with one attached hydrogen (secondary N) is 1. The van der Waals surface area contributed by atoms with Gasteiger partial charge in [-0.25, -0.2) is 4.79 Å². The van der Waals surface area contributed by atoms with E-state index in [1.807, 2.05) is 6.92 Å². The van der Waals surface area contributed by atoms with Gasteiger partial charge in [-0.2, -0.15) is 5.10 Å². The summed E-state index contributed by atoms with van der Waals surface area (Å²) < 4.78 is 11.6. The maximum atomic E-state index is 12.6. The smallest absolute Gasteiger partial charge is 0.358 e. The Labute approximate surface area is 134 Å². The zero-order chi connectivity index (χ0) is 17.0. The Morgan fingerprint density at radius 2 is 2.00 bits per heavy atom. The molecule has 122 valence electrons. The Kier molecular flexibility index (Phi) is 5.00. The van der Waals surface area contributed by atoms with E-state index < -0.39 is 5.97 Å². The van der Waals surface area contributed by atoms with Gasteiger partial charge in [0.25, 0.3) is 5.91 Å². The predicted octanol–water partition coefficient (Wildman–Crippen LogP) is 2.17. The highest BCUT2D eigenvalue weighted by Crippen LogP contribution is 2.24. The molecule has 2 rings (SSSR count). The number of anilines is 1. The van der Waals surface area contributed by atoms with Crippen LogP contribution in [0.25, 0.3) is 0 Å². The zero-order valence-corrected chi connectivity index (χ0v) is 13.5. The molecule has 7 nitrogen and oxygen atoms in total. The summed E-state index contributed by atoms with van der Waals surface area (Å²) in [4.78, 5) is 24.5. The molecule has 0 saturated carbocycles. The van der Waals surface area contributed by atoms with Crippen LogP contribution >= 0.6 is 0 Å². The lowest BCUT2D eigenvalue weighted by atomic mass is 10.1. The Bertz CT molecular complexity index is 737. The molecule has 0 aliphatic carbocycles. The van der Waals surface area contributed by atoms with E-state index in [-0.39, 0.29) is 11.6 Å². The Hall–Kier alpha value is -2.83. The van der Waals surface area contributed by atoms with Crippen LogP contribution < -0.4 is 10.1 Å². The molecule has 2 aromatic rings. The summed E-state index contributed by atoms with van der Waals surface area (Å²) in [6, 6.07) is 6.91. The highest BCUT2D eigenvalue weighted by Gasteiger charge is 2.23. The van der Waals surface area contributed by atoms with Crippen LogP contribution in [0.15, 0.2) is 24.3 Å². The first-order chi connectivity index (χ1) is 11.0. The summed E-state index contributed by atoms with van der Waals surface area (Å²) in [6.45, 7) is 4.00. The fraction of sp³-hybridized carbons (Fsp3) is 0.312. The molecule has 1 amide bonds. The fourth-order valence-corrected chi connectivity index (χ4v) is 2.26. The summed E-state index contributed by atoms with van der Waals surface area (Å²) in [6.07, 6.45) is 0. The van der Waals surface area contributed by atoms with E-state index in [0.29, 0.717) is 29.3 Å². The number of ether oxygens (including phenoxy) is 2. The number of rotatable bonds is 5. The van der Waals surface area contributed by atoms with Gasteiger partial charge in [-0.15, -0.1) is 0 Å². The van der Waals surface area contributed by atoms with Crippen LogP contribution in [0.1, 0.15) is 33.5 Å². The predicted molar refractivity (Wildman–Crippen MR) is 84.8 cm³/mol. The highest BCUT2D eigenvalue weighted by atomic mass is 16.5. The summed E-state index contributed by atoms with van der Waals surface area (Å²) >= 11 is 0.